The molecule has 8 heteroatoms. The summed E-state index contributed by atoms with van der Waals surface area (Å²) in [5, 5.41) is 3.57. The van der Waals surface area contributed by atoms with Crippen molar-refractivity contribution >= 4 is 31.7 Å². The van der Waals surface area contributed by atoms with Crippen LogP contribution in [0.5, 0.6) is 0 Å². The van der Waals surface area contributed by atoms with Crippen molar-refractivity contribution in [3.05, 3.63) is 64.1 Å². The Kier molecular flexibility index (Phi) is 4.92. The molecule has 0 aromatic heterocycles. The highest BCUT2D eigenvalue weighted by atomic mass is 79.9. The van der Waals surface area contributed by atoms with Crippen molar-refractivity contribution in [2.24, 2.45) is 5.10 Å². The van der Waals surface area contributed by atoms with E-state index >= 15 is 0 Å². The van der Waals surface area contributed by atoms with Gasteiger partial charge in [0.15, 0.2) is 0 Å². The monoisotopic (exact) mass is 388 g/mol. The van der Waals surface area contributed by atoms with Crippen molar-refractivity contribution in [1.29, 1.82) is 0 Å². The van der Waals surface area contributed by atoms with Gasteiger partial charge in [-0.05, 0) is 43.3 Å². The Hall–Kier alpha value is -1.80. The Balaban J connectivity index is 2.29. The topological polar surface area (TPSA) is 58.5 Å². The second-order valence-corrected chi connectivity index (χ2v) is 6.92. The maximum atomic E-state index is 13.6. The van der Waals surface area contributed by atoms with Crippen LogP contribution in [-0.2, 0) is 10.0 Å². The van der Waals surface area contributed by atoms with E-state index in [1.807, 2.05) is 4.83 Å². The summed E-state index contributed by atoms with van der Waals surface area (Å²) in [6, 6.07) is 9.22. The van der Waals surface area contributed by atoms with Gasteiger partial charge < -0.3 is 0 Å². The highest BCUT2D eigenvalue weighted by molar-refractivity contribution is 9.10. The lowest BCUT2D eigenvalue weighted by atomic mass is 10.1. The molecule has 0 atom stereocenters. The third-order valence-electron chi connectivity index (χ3n) is 2.78. The average molecular weight is 389 g/mol. The molecule has 0 aliphatic heterocycles. The van der Waals surface area contributed by atoms with Crippen LogP contribution in [0.25, 0.3) is 0 Å². The van der Waals surface area contributed by atoms with Crippen LogP contribution in [0, 0.1) is 11.6 Å². The fraction of sp³-hybridized carbons (Fsp3) is 0.0714. The lowest BCUT2D eigenvalue weighted by molar-refractivity contribution is 0.576. The molecular weight excluding hydrogens is 378 g/mol. The van der Waals surface area contributed by atoms with E-state index in [2.05, 4.69) is 21.0 Å². The van der Waals surface area contributed by atoms with E-state index in [0.29, 0.717) is 0 Å². The molecule has 1 N–H and O–H groups in total. The predicted octanol–water partition coefficient (Wildman–Crippen LogP) is 3.43. The number of hydrazone groups is 1. The van der Waals surface area contributed by atoms with Gasteiger partial charge in [0.1, 0.15) is 11.6 Å². The molecule has 0 radical (unpaired) electrons. The van der Waals surface area contributed by atoms with Crippen molar-refractivity contribution in [3.63, 3.8) is 0 Å². The summed E-state index contributed by atoms with van der Waals surface area (Å²) in [5.41, 5.74) is -0.489. The number of nitrogens with one attached hydrogen (secondary N) is 1. The first kappa shape index (κ1) is 16.6. The Bertz CT molecular complexity index is 801. The molecule has 0 bridgehead atoms. The third-order valence-corrected chi connectivity index (χ3v) is 4.54. The van der Waals surface area contributed by atoms with E-state index in [0.717, 1.165) is 16.6 Å². The van der Waals surface area contributed by atoms with Crippen molar-refractivity contribution in [2.75, 3.05) is 0 Å². The van der Waals surface area contributed by atoms with Gasteiger partial charge in [-0.2, -0.15) is 18.4 Å². The van der Waals surface area contributed by atoms with Crippen LogP contribution in [0.3, 0.4) is 0 Å². The summed E-state index contributed by atoms with van der Waals surface area (Å²) in [4.78, 5) is 1.95. The van der Waals surface area contributed by atoms with Gasteiger partial charge in [-0.1, -0.05) is 22.0 Å². The molecule has 22 heavy (non-hydrogen) atoms. The van der Waals surface area contributed by atoms with Crippen LogP contribution in [-0.4, -0.2) is 14.1 Å². The lowest BCUT2D eigenvalue weighted by Gasteiger charge is -2.07. The van der Waals surface area contributed by atoms with Gasteiger partial charge in [0.05, 0.1) is 16.2 Å². The third kappa shape index (κ3) is 3.69. The van der Waals surface area contributed by atoms with E-state index < -0.39 is 21.7 Å². The van der Waals surface area contributed by atoms with Crippen LogP contribution < -0.4 is 4.83 Å². The van der Waals surface area contributed by atoms with Crippen LogP contribution in [0.2, 0.25) is 0 Å². The molecule has 0 fully saturated rings. The smallest absolute Gasteiger partial charge is 0.206 e. The normalized spacial score (nSPS) is 12.3. The summed E-state index contributed by atoms with van der Waals surface area (Å²) in [6.07, 6.45) is 0. The second kappa shape index (κ2) is 6.53. The Morgan fingerprint density at radius 2 is 1.64 bits per heavy atom. The first-order chi connectivity index (χ1) is 10.3. The molecular formula is C14H11BrF2N2O2S. The molecule has 116 valence electrons. The minimum atomic E-state index is -3.91. The zero-order valence-electron chi connectivity index (χ0n) is 11.3. The number of rotatable bonds is 4. The second-order valence-electron chi connectivity index (χ2n) is 4.34. The van der Waals surface area contributed by atoms with Gasteiger partial charge in [0.25, 0.3) is 10.0 Å². The van der Waals surface area contributed by atoms with Gasteiger partial charge >= 0.3 is 0 Å². The molecule has 0 amide bonds. The molecule has 0 aliphatic carbocycles. The first-order valence-electron chi connectivity index (χ1n) is 6.07. The van der Waals surface area contributed by atoms with Gasteiger partial charge in [0, 0.05) is 4.47 Å². The van der Waals surface area contributed by atoms with E-state index in [4.69, 9.17) is 0 Å². The summed E-state index contributed by atoms with van der Waals surface area (Å²) >= 11 is 3.19. The highest BCUT2D eigenvalue weighted by Crippen LogP contribution is 2.16. The fourth-order valence-corrected chi connectivity index (χ4v) is 2.82. The molecule has 2 rings (SSSR count). The highest BCUT2D eigenvalue weighted by Gasteiger charge is 2.15. The average Bonchev–Trinajstić information content (AvgIpc) is 2.45. The molecule has 4 nitrogen and oxygen atoms in total. The van der Waals surface area contributed by atoms with Crippen molar-refractivity contribution < 1.29 is 17.2 Å². The number of hydrogen-bond acceptors (Lipinski definition) is 3. The summed E-state index contributed by atoms with van der Waals surface area (Å²) in [7, 11) is -3.91. The molecule has 2 aromatic rings. The molecule has 2 aromatic carbocycles. The Morgan fingerprint density at radius 1 is 1.09 bits per heavy atom. The lowest BCUT2D eigenvalue weighted by Crippen LogP contribution is -2.20. The van der Waals surface area contributed by atoms with E-state index in [1.165, 1.54) is 25.1 Å². The SMILES string of the molecule is C/C(=N/NS(=O)(=O)c1ccc(Br)cc1)c1c(F)cccc1F. The van der Waals surface area contributed by atoms with E-state index in [-0.39, 0.29) is 16.2 Å². The quantitative estimate of drug-likeness (QED) is 0.644. The molecule has 0 aliphatic rings. The van der Waals surface area contributed by atoms with Crippen LogP contribution >= 0.6 is 15.9 Å². The maximum Gasteiger partial charge on any atom is 0.276 e. The van der Waals surface area contributed by atoms with Crippen molar-refractivity contribution in [3.8, 4) is 0 Å². The van der Waals surface area contributed by atoms with Crippen LogP contribution in [0.1, 0.15) is 12.5 Å². The minimum Gasteiger partial charge on any atom is -0.206 e. The number of sulfonamides is 1. The fourth-order valence-electron chi connectivity index (χ4n) is 1.69. The van der Waals surface area contributed by atoms with Gasteiger partial charge in [-0.15, -0.1) is 0 Å². The van der Waals surface area contributed by atoms with Gasteiger partial charge in [-0.25, -0.2) is 8.78 Å². The number of halogens is 3. The van der Waals surface area contributed by atoms with Crippen molar-refractivity contribution in [1.82, 2.24) is 4.83 Å². The maximum absolute atomic E-state index is 13.6. The Labute approximate surface area is 135 Å². The molecule has 0 spiro atoms. The van der Waals surface area contributed by atoms with Gasteiger partial charge in [-0.3, -0.25) is 0 Å². The summed E-state index contributed by atoms with van der Waals surface area (Å²) in [6.45, 7) is 1.31. The van der Waals surface area contributed by atoms with Gasteiger partial charge in [0.2, 0.25) is 0 Å². The zero-order chi connectivity index (χ0) is 16.3. The summed E-state index contributed by atoms with van der Waals surface area (Å²) in [5.74, 6) is -1.63. The van der Waals surface area contributed by atoms with E-state index in [9.17, 15) is 17.2 Å². The minimum absolute atomic E-state index is 0.0127. The van der Waals surface area contributed by atoms with E-state index in [1.54, 1.807) is 12.1 Å². The standard InChI is InChI=1S/C14H11BrF2N2O2S/c1-9(14-12(16)3-2-4-13(14)17)18-19-22(20,21)11-7-5-10(15)6-8-11/h2-8,19H,1H3/b18-9-. The molecule has 0 saturated heterocycles. The Morgan fingerprint density at radius 3 is 2.18 bits per heavy atom. The zero-order valence-corrected chi connectivity index (χ0v) is 13.7. The molecule has 0 unspecified atom stereocenters. The number of benzene rings is 2. The number of hydrogen-bond donors (Lipinski definition) is 1. The first-order valence-corrected chi connectivity index (χ1v) is 8.35. The molecule has 0 heterocycles. The van der Waals surface area contributed by atoms with Crippen LogP contribution in [0.15, 0.2) is 56.9 Å². The van der Waals surface area contributed by atoms with Crippen molar-refractivity contribution in [2.45, 2.75) is 11.8 Å². The number of nitrogens with zero attached hydrogens (tertiary/aromatic N) is 1. The summed E-state index contributed by atoms with van der Waals surface area (Å²) < 4.78 is 51.9. The van der Waals surface area contributed by atoms with Crippen LogP contribution in [0.4, 0.5) is 8.78 Å². The molecule has 0 saturated carbocycles. The largest absolute Gasteiger partial charge is 0.276 e. The predicted molar refractivity (Wildman–Crippen MR) is 83.0 cm³/mol.